The molecule has 0 saturated heterocycles. The second-order valence-corrected chi connectivity index (χ2v) is 4.39. The molecule has 82 valence electrons. The van der Waals surface area contributed by atoms with Crippen molar-refractivity contribution in [2.45, 2.75) is 13.5 Å². The van der Waals surface area contributed by atoms with Crippen LogP contribution < -0.4 is 0 Å². The highest BCUT2D eigenvalue weighted by Crippen LogP contribution is 2.21. The molecule has 0 amide bonds. The molecule has 0 aliphatic heterocycles. The molecule has 1 aromatic heterocycles. The zero-order valence-corrected chi connectivity index (χ0v) is 10.3. The molecule has 0 radical (unpaired) electrons. The van der Waals surface area contributed by atoms with Crippen LogP contribution >= 0.6 is 15.9 Å². The monoisotopic (exact) mass is 279 g/mol. The summed E-state index contributed by atoms with van der Waals surface area (Å²) >= 11 is 3.41. The van der Waals surface area contributed by atoms with Gasteiger partial charge >= 0.3 is 0 Å². The van der Waals surface area contributed by atoms with Crippen molar-refractivity contribution in [1.29, 1.82) is 0 Å². The van der Waals surface area contributed by atoms with Gasteiger partial charge in [-0.2, -0.15) is 0 Å². The van der Waals surface area contributed by atoms with E-state index in [9.17, 15) is 4.79 Å². The van der Waals surface area contributed by atoms with Crippen LogP contribution in [-0.2, 0) is 16.1 Å². The Morgan fingerprint density at radius 1 is 1.44 bits per heavy atom. The van der Waals surface area contributed by atoms with Gasteiger partial charge in [-0.15, -0.1) is 0 Å². The summed E-state index contributed by atoms with van der Waals surface area (Å²) in [5.41, 5.74) is 2.75. The van der Waals surface area contributed by atoms with E-state index >= 15 is 0 Å². The van der Waals surface area contributed by atoms with Gasteiger partial charge in [0, 0.05) is 21.1 Å². The first-order valence-corrected chi connectivity index (χ1v) is 5.61. The standard InChI is InChI=1S/C12H10BrNO2/c1-8-10(6-16-7-15)4-9-5-11(13)2-3-12(9)14-8/h2-5,7H,6H2,1H3. The lowest BCUT2D eigenvalue weighted by Crippen LogP contribution is -1.96. The van der Waals surface area contributed by atoms with Crippen LogP contribution in [-0.4, -0.2) is 11.5 Å². The molecule has 0 fully saturated rings. The van der Waals surface area contributed by atoms with Gasteiger partial charge in [0.2, 0.25) is 0 Å². The predicted molar refractivity (Wildman–Crippen MR) is 65.0 cm³/mol. The number of pyridine rings is 1. The summed E-state index contributed by atoms with van der Waals surface area (Å²) in [6.07, 6.45) is 0. The molecule has 2 aromatic rings. The molecule has 2 rings (SSSR count). The van der Waals surface area contributed by atoms with Crippen molar-refractivity contribution in [3.05, 3.63) is 40.0 Å². The minimum absolute atomic E-state index is 0.269. The first-order valence-electron chi connectivity index (χ1n) is 4.82. The fourth-order valence-electron chi connectivity index (χ4n) is 1.56. The smallest absolute Gasteiger partial charge is 0.293 e. The average Bonchev–Trinajstić information content (AvgIpc) is 2.27. The minimum Gasteiger partial charge on any atom is -0.463 e. The zero-order valence-electron chi connectivity index (χ0n) is 8.74. The Morgan fingerprint density at radius 2 is 2.25 bits per heavy atom. The molecule has 0 aliphatic rings. The molecule has 0 aliphatic carbocycles. The van der Waals surface area contributed by atoms with Crippen LogP contribution in [0.2, 0.25) is 0 Å². The molecule has 0 saturated carbocycles. The van der Waals surface area contributed by atoms with E-state index in [0.717, 1.165) is 26.6 Å². The second-order valence-electron chi connectivity index (χ2n) is 3.48. The molecular formula is C12H10BrNO2. The molecule has 0 bridgehead atoms. The Bertz CT molecular complexity index is 540. The van der Waals surface area contributed by atoms with Gasteiger partial charge in [0.15, 0.2) is 0 Å². The van der Waals surface area contributed by atoms with Crippen LogP contribution in [0.1, 0.15) is 11.3 Å². The molecule has 0 N–H and O–H groups in total. The number of nitrogens with zero attached hydrogens (tertiary/aromatic N) is 1. The van der Waals surface area contributed by atoms with Crippen molar-refractivity contribution in [2.24, 2.45) is 0 Å². The van der Waals surface area contributed by atoms with E-state index in [0.29, 0.717) is 6.47 Å². The van der Waals surface area contributed by atoms with Crippen LogP contribution in [0.4, 0.5) is 0 Å². The zero-order chi connectivity index (χ0) is 11.5. The van der Waals surface area contributed by atoms with Gasteiger partial charge in [0.05, 0.1) is 5.52 Å². The topological polar surface area (TPSA) is 39.2 Å². The van der Waals surface area contributed by atoms with Gasteiger partial charge in [0.1, 0.15) is 6.61 Å². The molecule has 4 heteroatoms. The summed E-state index contributed by atoms with van der Waals surface area (Å²) in [6, 6.07) is 7.89. The maximum Gasteiger partial charge on any atom is 0.293 e. The lowest BCUT2D eigenvalue weighted by molar-refractivity contribution is -0.129. The van der Waals surface area contributed by atoms with Crippen LogP contribution in [0.15, 0.2) is 28.7 Å². The number of carbonyl (C=O) groups is 1. The molecule has 16 heavy (non-hydrogen) atoms. The van der Waals surface area contributed by atoms with Crippen LogP contribution in [0.3, 0.4) is 0 Å². The van der Waals surface area contributed by atoms with Crippen LogP contribution in [0.5, 0.6) is 0 Å². The normalized spacial score (nSPS) is 10.4. The third-order valence-electron chi connectivity index (χ3n) is 2.38. The van der Waals surface area contributed by atoms with Gasteiger partial charge in [-0.25, -0.2) is 0 Å². The number of benzene rings is 1. The first-order chi connectivity index (χ1) is 7.70. The largest absolute Gasteiger partial charge is 0.463 e. The maximum absolute atomic E-state index is 10.2. The lowest BCUT2D eigenvalue weighted by Gasteiger charge is -2.06. The molecule has 1 heterocycles. The van der Waals surface area contributed by atoms with E-state index in [1.165, 1.54) is 0 Å². The number of fused-ring (bicyclic) bond motifs is 1. The van der Waals surface area contributed by atoms with E-state index < -0.39 is 0 Å². The third-order valence-corrected chi connectivity index (χ3v) is 2.87. The second kappa shape index (κ2) is 4.61. The Labute approximate surface area is 102 Å². The van der Waals surface area contributed by atoms with E-state index in [2.05, 4.69) is 20.9 Å². The van der Waals surface area contributed by atoms with E-state index in [1.54, 1.807) is 0 Å². The van der Waals surface area contributed by atoms with E-state index in [-0.39, 0.29) is 6.61 Å². The summed E-state index contributed by atoms with van der Waals surface area (Å²) in [4.78, 5) is 14.6. The summed E-state index contributed by atoms with van der Waals surface area (Å²) in [6.45, 7) is 2.63. The van der Waals surface area contributed by atoms with Crippen LogP contribution in [0, 0.1) is 6.92 Å². The summed E-state index contributed by atoms with van der Waals surface area (Å²) in [5.74, 6) is 0. The Balaban J connectivity index is 2.50. The highest BCUT2D eigenvalue weighted by molar-refractivity contribution is 9.10. The van der Waals surface area contributed by atoms with Gasteiger partial charge in [-0.05, 0) is 31.2 Å². The first kappa shape index (κ1) is 11.1. The molecular weight excluding hydrogens is 270 g/mol. The Hall–Kier alpha value is -1.42. The number of rotatable bonds is 3. The predicted octanol–water partition coefficient (Wildman–Crippen LogP) is 2.98. The Kier molecular flexibility index (Phi) is 3.19. The molecule has 3 nitrogen and oxygen atoms in total. The summed E-state index contributed by atoms with van der Waals surface area (Å²) in [5, 5.41) is 1.03. The fourth-order valence-corrected chi connectivity index (χ4v) is 1.94. The molecule has 0 unspecified atom stereocenters. The van der Waals surface area contributed by atoms with E-state index in [4.69, 9.17) is 4.74 Å². The highest BCUT2D eigenvalue weighted by Gasteiger charge is 2.04. The summed E-state index contributed by atoms with van der Waals surface area (Å²) in [7, 11) is 0. The van der Waals surface area contributed by atoms with Gasteiger partial charge in [-0.3, -0.25) is 9.78 Å². The SMILES string of the molecule is Cc1nc2ccc(Br)cc2cc1COC=O. The number of ether oxygens (including phenoxy) is 1. The van der Waals surface area contributed by atoms with Crippen molar-refractivity contribution < 1.29 is 9.53 Å². The van der Waals surface area contributed by atoms with Crippen molar-refractivity contribution in [3.63, 3.8) is 0 Å². The number of hydrogen-bond donors (Lipinski definition) is 0. The molecule has 0 spiro atoms. The molecule has 0 atom stereocenters. The summed E-state index contributed by atoms with van der Waals surface area (Å²) < 4.78 is 5.75. The van der Waals surface area contributed by atoms with Crippen LogP contribution in [0.25, 0.3) is 10.9 Å². The Morgan fingerprint density at radius 3 is 3.00 bits per heavy atom. The quantitative estimate of drug-likeness (QED) is 0.811. The average molecular weight is 280 g/mol. The number of hydrogen-bond acceptors (Lipinski definition) is 3. The minimum atomic E-state index is 0.269. The van der Waals surface area contributed by atoms with Crippen molar-refractivity contribution >= 4 is 33.3 Å². The highest BCUT2D eigenvalue weighted by atomic mass is 79.9. The van der Waals surface area contributed by atoms with Crippen molar-refractivity contribution in [3.8, 4) is 0 Å². The van der Waals surface area contributed by atoms with Gasteiger partial charge < -0.3 is 4.74 Å². The van der Waals surface area contributed by atoms with Crippen molar-refractivity contribution in [1.82, 2.24) is 4.98 Å². The molecule has 1 aromatic carbocycles. The van der Waals surface area contributed by atoms with Crippen molar-refractivity contribution in [2.75, 3.05) is 0 Å². The number of halogens is 1. The fraction of sp³-hybridized carbons (Fsp3) is 0.167. The number of aryl methyl sites for hydroxylation is 1. The third kappa shape index (κ3) is 2.22. The number of aromatic nitrogens is 1. The van der Waals surface area contributed by atoms with Gasteiger partial charge in [0.25, 0.3) is 6.47 Å². The maximum atomic E-state index is 10.2. The van der Waals surface area contributed by atoms with E-state index in [1.807, 2.05) is 31.2 Å². The number of carbonyl (C=O) groups excluding carboxylic acids is 1. The van der Waals surface area contributed by atoms with Gasteiger partial charge in [-0.1, -0.05) is 15.9 Å². The lowest BCUT2D eigenvalue weighted by atomic mass is 10.1.